The Hall–Kier alpha value is -1.95. The molecule has 2 aromatic rings. The first kappa shape index (κ1) is 21.4. The Morgan fingerprint density at radius 3 is 2.56 bits per heavy atom. The van der Waals surface area contributed by atoms with Gasteiger partial charge in [-0.2, -0.15) is 0 Å². The van der Waals surface area contributed by atoms with Crippen LogP contribution in [0.5, 0.6) is 0 Å². The van der Waals surface area contributed by atoms with Crippen molar-refractivity contribution in [2.45, 2.75) is 32.8 Å². The van der Waals surface area contributed by atoms with Crippen molar-refractivity contribution >= 4 is 23.2 Å². The van der Waals surface area contributed by atoms with Crippen LogP contribution in [0.1, 0.15) is 25.8 Å². The van der Waals surface area contributed by atoms with Crippen LogP contribution in [0, 0.1) is 0 Å². The summed E-state index contributed by atoms with van der Waals surface area (Å²) in [6.45, 7) is 6.91. The van der Waals surface area contributed by atoms with E-state index < -0.39 is 6.10 Å². The molecule has 27 heavy (non-hydrogen) atoms. The fourth-order valence-corrected chi connectivity index (χ4v) is 3.18. The molecule has 0 aliphatic rings. The van der Waals surface area contributed by atoms with E-state index in [0.29, 0.717) is 11.6 Å². The molecule has 0 saturated carbocycles. The lowest BCUT2D eigenvalue weighted by Gasteiger charge is -2.26. The summed E-state index contributed by atoms with van der Waals surface area (Å²) in [5.74, 6) is -0.271. The monoisotopic (exact) mass is 389 g/mol. The number of para-hydroxylation sites is 1. The van der Waals surface area contributed by atoms with Gasteiger partial charge in [0.05, 0.1) is 5.02 Å². The summed E-state index contributed by atoms with van der Waals surface area (Å²) in [7, 11) is 0. The largest absolute Gasteiger partial charge is 0.384 e. The number of halogens is 1. The zero-order valence-electron chi connectivity index (χ0n) is 16.0. The zero-order valence-corrected chi connectivity index (χ0v) is 16.8. The van der Waals surface area contributed by atoms with Crippen LogP contribution in [0.25, 0.3) is 0 Å². The third-order valence-corrected chi connectivity index (χ3v) is 4.89. The average molecular weight is 390 g/mol. The fraction of sp³-hybridized carbons (Fsp3) is 0.429. The molecular formula is C21H28ClN3O2. The molecule has 1 unspecified atom stereocenters. The van der Waals surface area contributed by atoms with Crippen LogP contribution < -0.4 is 4.90 Å². The summed E-state index contributed by atoms with van der Waals surface area (Å²) in [4.78, 5) is 20.4. The van der Waals surface area contributed by atoms with Crippen LogP contribution in [0.2, 0.25) is 5.02 Å². The van der Waals surface area contributed by atoms with Gasteiger partial charge in [-0.1, -0.05) is 36.7 Å². The maximum atomic E-state index is 12.4. The van der Waals surface area contributed by atoms with Crippen molar-refractivity contribution in [1.29, 1.82) is 0 Å². The highest BCUT2D eigenvalue weighted by Gasteiger charge is 2.20. The lowest BCUT2D eigenvalue weighted by molar-refractivity contribution is -0.125. The molecule has 2 rings (SSSR count). The third kappa shape index (κ3) is 6.61. The van der Waals surface area contributed by atoms with Gasteiger partial charge in [0.25, 0.3) is 5.91 Å². The fourth-order valence-electron chi connectivity index (χ4n) is 2.97. The van der Waals surface area contributed by atoms with Gasteiger partial charge in [-0.25, -0.2) is 0 Å². The van der Waals surface area contributed by atoms with Crippen molar-refractivity contribution in [3.05, 3.63) is 59.4 Å². The molecule has 0 fully saturated rings. The van der Waals surface area contributed by atoms with Crippen LogP contribution in [-0.2, 0) is 11.2 Å². The Morgan fingerprint density at radius 2 is 1.93 bits per heavy atom. The Labute approximate surface area is 166 Å². The van der Waals surface area contributed by atoms with E-state index in [-0.39, 0.29) is 5.91 Å². The van der Waals surface area contributed by atoms with E-state index in [1.807, 2.05) is 36.4 Å². The van der Waals surface area contributed by atoms with Crippen LogP contribution in [0.4, 0.5) is 5.69 Å². The first-order chi connectivity index (χ1) is 13.0. The first-order valence-corrected chi connectivity index (χ1v) is 9.76. The smallest absolute Gasteiger partial charge is 0.255 e. The predicted octanol–water partition coefficient (Wildman–Crippen LogP) is 3.40. The van der Waals surface area contributed by atoms with E-state index in [4.69, 9.17) is 11.6 Å². The van der Waals surface area contributed by atoms with Crippen LogP contribution >= 0.6 is 11.6 Å². The molecule has 1 amide bonds. The number of amides is 1. The topological polar surface area (TPSA) is 56.7 Å². The van der Waals surface area contributed by atoms with Gasteiger partial charge in [0.15, 0.2) is 0 Å². The highest BCUT2D eigenvalue weighted by Crippen LogP contribution is 2.16. The molecule has 0 bridgehead atoms. The maximum absolute atomic E-state index is 12.4. The van der Waals surface area contributed by atoms with Crippen LogP contribution in [0.15, 0.2) is 48.8 Å². The minimum atomic E-state index is -1.01. The minimum Gasteiger partial charge on any atom is -0.384 e. The normalized spacial score (nSPS) is 12.2. The molecule has 0 spiro atoms. The van der Waals surface area contributed by atoms with Crippen molar-refractivity contribution in [2.24, 2.45) is 0 Å². The highest BCUT2D eigenvalue weighted by atomic mass is 35.5. The maximum Gasteiger partial charge on any atom is 0.255 e. The standard InChI is InChI=1S/C21H28ClN3O2/c1-3-24(15-11-18-10-12-23-16-20(18)22)13-7-14-25(21(27)17(2)26)19-8-5-4-6-9-19/h4-6,8-10,12,16-17,26H,3,7,11,13-15H2,1-2H3. The number of hydrogen-bond donors (Lipinski definition) is 1. The van der Waals surface area contributed by atoms with E-state index in [1.54, 1.807) is 17.3 Å². The van der Waals surface area contributed by atoms with E-state index in [2.05, 4.69) is 16.8 Å². The summed E-state index contributed by atoms with van der Waals surface area (Å²) in [5, 5.41) is 10.4. The lowest BCUT2D eigenvalue weighted by Crippen LogP contribution is -2.40. The number of nitrogens with zero attached hydrogens (tertiary/aromatic N) is 3. The molecule has 0 saturated heterocycles. The summed E-state index contributed by atoms with van der Waals surface area (Å²) in [6, 6.07) is 11.4. The van der Waals surface area contributed by atoms with Crippen molar-refractivity contribution < 1.29 is 9.90 Å². The number of rotatable bonds is 10. The average Bonchev–Trinajstić information content (AvgIpc) is 2.69. The molecule has 0 radical (unpaired) electrons. The van der Waals surface area contributed by atoms with Crippen molar-refractivity contribution in [3.63, 3.8) is 0 Å². The number of benzene rings is 1. The first-order valence-electron chi connectivity index (χ1n) is 9.38. The van der Waals surface area contributed by atoms with E-state index in [9.17, 15) is 9.90 Å². The van der Waals surface area contributed by atoms with Crippen LogP contribution in [-0.4, -0.2) is 53.2 Å². The number of aliphatic hydroxyl groups excluding tert-OH is 1. The van der Waals surface area contributed by atoms with Gasteiger partial charge in [0, 0.05) is 31.2 Å². The summed E-state index contributed by atoms with van der Waals surface area (Å²) in [5.41, 5.74) is 1.91. The number of pyridine rings is 1. The molecule has 146 valence electrons. The number of hydrogen-bond acceptors (Lipinski definition) is 4. The SMILES string of the molecule is CCN(CCCN(C(=O)C(C)O)c1ccccc1)CCc1ccncc1Cl. The number of carbonyl (C=O) groups excluding carboxylic acids is 1. The molecule has 1 atom stereocenters. The molecule has 0 aliphatic heterocycles. The van der Waals surface area contributed by atoms with E-state index in [0.717, 1.165) is 43.7 Å². The van der Waals surface area contributed by atoms with Crippen molar-refractivity contribution in [2.75, 3.05) is 31.1 Å². The van der Waals surface area contributed by atoms with E-state index in [1.165, 1.54) is 6.92 Å². The van der Waals surface area contributed by atoms with Gasteiger partial charge in [0.2, 0.25) is 0 Å². The summed E-state index contributed by atoms with van der Waals surface area (Å²) in [6.07, 6.45) is 4.11. The second kappa shape index (κ2) is 11.0. The van der Waals surface area contributed by atoms with E-state index >= 15 is 0 Å². The second-order valence-electron chi connectivity index (χ2n) is 6.51. The quantitative estimate of drug-likeness (QED) is 0.676. The summed E-state index contributed by atoms with van der Waals surface area (Å²) < 4.78 is 0. The molecule has 1 N–H and O–H groups in total. The Kier molecular flexibility index (Phi) is 8.72. The molecule has 1 heterocycles. The molecule has 6 heteroatoms. The van der Waals surface area contributed by atoms with Gasteiger partial charge >= 0.3 is 0 Å². The van der Waals surface area contributed by atoms with Crippen LogP contribution in [0.3, 0.4) is 0 Å². The molecule has 1 aromatic carbocycles. The van der Waals surface area contributed by atoms with Gasteiger partial charge in [-0.05, 0) is 56.6 Å². The molecule has 1 aromatic heterocycles. The molecule has 0 aliphatic carbocycles. The number of aliphatic hydroxyl groups is 1. The number of aromatic nitrogens is 1. The summed E-state index contributed by atoms with van der Waals surface area (Å²) >= 11 is 6.18. The van der Waals surface area contributed by atoms with Gasteiger partial charge < -0.3 is 14.9 Å². The minimum absolute atomic E-state index is 0.271. The zero-order chi connectivity index (χ0) is 19.6. The third-order valence-electron chi connectivity index (χ3n) is 4.55. The number of likely N-dealkylation sites (N-methyl/N-ethyl adjacent to an activating group) is 1. The van der Waals surface area contributed by atoms with Gasteiger partial charge in [-0.15, -0.1) is 0 Å². The highest BCUT2D eigenvalue weighted by molar-refractivity contribution is 6.31. The Bertz CT molecular complexity index is 710. The second-order valence-corrected chi connectivity index (χ2v) is 6.91. The Morgan fingerprint density at radius 1 is 1.19 bits per heavy atom. The van der Waals surface area contributed by atoms with Crippen molar-refractivity contribution in [1.82, 2.24) is 9.88 Å². The van der Waals surface area contributed by atoms with Gasteiger partial charge in [-0.3, -0.25) is 9.78 Å². The molecular weight excluding hydrogens is 362 g/mol. The van der Waals surface area contributed by atoms with Gasteiger partial charge in [0.1, 0.15) is 6.10 Å². The lowest BCUT2D eigenvalue weighted by atomic mass is 10.2. The molecule has 5 nitrogen and oxygen atoms in total. The number of anilines is 1. The number of carbonyl (C=O) groups is 1. The Balaban J connectivity index is 1.90. The predicted molar refractivity (Wildman–Crippen MR) is 110 cm³/mol. The van der Waals surface area contributed by atoms with Crippen molar-refractivity contribution in [3.8, 4) is 0 Å².